The van der Waals surface area contributed by atoms with Crippen LogP contribution >= 0.6 is 11.8 Å². The van der Waals surface area contributed by atoms with Crippen LogP contribution in [0.1, 0.15) is 11.4 Å². The molecule has 0 atom stereocenters. The highest BCUT2D eigenvalue weighted by Gasteiger charge is 2.16. The van der Waals surface area contributed by atoms with Gasteiger partial charge in [-0.25, -0.2) is 4.39 Å². The lowest BCUT2D eigenvalue weighted by Crippen LogP contribution is -2.06. The highest BCUT2D eigenvalue weighted by Crippen LogP contribution is 2.27. The molecule has 0 aliphatic carbocycles. The van der Waals surface area contributed by atoms with Gasteiger partial charge in [0.25, 0.3) is 0 Å². The zero-order valence-corrected chi connectivity index (χ0v) is 17.2. The summed E-state index contributed by atoms with van der Waals surface area (Å²) in [5.74, 6) is 2.38. The fourth-order valence-electron chi connectivity index (χ4n) is 2.90. The van der Waals surface area contributed by atoms with Gasteiger partial charge in [0, 0.05) is 11.4 Å². The summed E-state index contributed by atoms with van der Waals surface area (Å²) in [6, 6.07) is 23.9. The van der Waals surface area contributed by atoms with Crippen LogP contribution in [0, 0.1) is 5.82 Å². The van der Waals surface area contributed by atoms with Crippen LogP contribution in [0.5, 0.6) is 11.5 Å². The zero-order chi connectivity index (χ0) is 20.8. The van der Waals surface area contributed by atoms with E-state index in [0.29, 0.717) is 22.3 Å². The number of aromatic nitrogens is 3. The molecule has 0 bridgehead atoms. The van der Waals surface area contributed by atoms with E-state index in [2.05, 4.69) is 10.2 Å². The molecular formula is C23H20FN3O2S. The third kappa shape index (κ3) is 4.63. The van der Waals surface area contributed by atoms with Crippen LogP contribution in [0.15, 0.2) is 84.0 Å². The quantitative estimate of drug-likeness (QED) is 0.362. The number of thioether (sulfide) groups is 1. The number of hydrogen-bond acceptors (Lipinski definition) is 5. The van der Waals surface area contributed by atoms with Crippen molar-refractivity contribution < 1.29 is 13.9 Å². The molecule has 0 unspecified atom stereocenters. The van der Waals surface area contributed by atoms with E-state index in [9.17, 15) is 4.39 Å². The molecule has 0 aliphatic heterocycles. The van der Waals surface area contributed by atoms with Gasteiger partial charge in [-0.2, -0.15) is 0 Å². The Labute approximate surface area is 178 Å². The zero-order valence-electron chi connectivity index (χ0n) is 16.4. The van der Waals surface area contributed by atoms with Crippen molar-refractivity contribution in [3.8, 4) is 17.2 Å². The number of methoxy groups -OCH3 is 1. The summed E-state index contributed by atoms with van der Waals surface area (Å²) in [7, 11) is 1.63. The van der Waals surface area contributed by atoms with Crippen molar-refractivity contribution in [2.75, 3.05) is 7.11 Å². The fourth-order valence-corrected chi connectivity index (χ4v) is 3.86. The first-order valence-electron chi connectivity index (χ1n) is 9.37. The van der Waals surface area contributed by atoms with Gasteiger partial charge >= 0.3 is 0 Å². The molecule has 7 heteroatoms. The molecule has 0 radical (unpaired) electrons. The van der Waals surface area contributed by atoms with Crippen LogP contribution in [-0.4, -0.2) is 21.9 Å². The van der Waals surface area contributed by atoms with Gasteiger partial charge in [-0.1, -0.05) is 48.2 Å². The first kappa shape index (κ1) is 20.0. The summed E-state index contributed by atoms with van der Waals surface area (Å²) in [5, 5.41) is 9.32. The van der Waals surface area contributed by atoms with Crippen LogP contribution < -0.4 is 9.47 Å². The van der Waals surface area contributed by atoms with E-state index in [0.717, 1.165) is 17.2 Å². The second-order valence-electron chi connectivity index (χ2n) is 6.41. The van der Waals surface area contributed by atoms with E-state index in [4.69, 9.17) is 9.47 Å². The summed E-state index contributed by atoms with van der Waals surface area (Å²) in [5.41, 5.74) is 1.50. The minimum Gasteiger partial charge on any atom is -0.497 e. The van der Waals surface area contributed by atoms with Crippen LogP contribution in [0.25, 0.3) is 5.69 Å². The van der Waals surface area contributed by atoms with Crippen molar-refractivity contribution in [3.63, 3.8) is 0 Å². The number of benzene rings is 3. The van der Waals surface area contributed by atoms with E-state index in [-0.39, 0.29) is 12.4 Å². The molecule has 0 saturated carbocycles. The number of rotatable bonds is 8. The van der Waals surface area contributed by atoms with Crippen molar-refractivity contribution in [2.45, 2.75) is 17.5 Å². The highest BCUT2D eigenvalue weighted by molar-refractivity contribution is 7.98. The summed E-state index contributed by atoms with van der Waals surface area (Å²) in [6.07, 6.45) is 0. The SMILES string of the molecule is COc1ccc(-n2c(COc3ccccc3)nnc2SCc2ccccc2F)cc1. The number of ether oxygens (including phenoxy) is 2. The van der Waals surface area contributed by atoms with Crippen molar-refractivity contribution in [1.82, 2.24) is 14.8 Å². The molecule has 3 aromatic carbocycles. The van der Waals surface area contributed by atoms with Crippen molar-refractivity contribution in [2.24, 2.45) is 0 Å². The Morgan fingerprint density at radius 3 is 2.33 bits per heavy atom. The van der Waals surface area contributed by atoms with Crippen LogP contribution in [0.2, 0.25) is 0 Å². The van der Waals surface area contributed by atoms with Crippen LogP contribution in [0.3, 0.4) is 0 Å². The Balaban J connectivity index is 1.61. The van der Waals surface area contributed by atoms with Gasteiger partial charge in [0.15, 0.2) is 11.0 Å². The molecular weight excluding hydrogens is 401 g/mol. The Hall–Kier alpha value is -3.32. The number of halogens is 1. The van der Waals surface area contributed by atoms with Gasteiger partial charge in [-0.05, 0) is 48.0 Å². The maximum atomic E-state index is 14.0. The lowest BCUT2D eigenvalue weighted by atomic mass is 10.2. The van der Waals surface area contributed by atoms with E-state index in [1.54, 1.807) is 19.2 Å². The molecule has 152 valence electrons. The van der Waals surface area contributed by atoms with Gasteiger partial charge in [0.2, 0.25) is 0 Å². The summed E-state index contributed by atoms with van der Waals surface area (Å²) < 4.78 is 27.1. The molecule has 0 fully saturated rings. The maximum absolute atomic E-state index is 14.0. The number of hydrogen-bond donors (Lipinski definition) is 0. The standard InChI is InChI=1S/C23H20FN3O2S/c1-28-19-13-11-18(12-14-19)27-22(15-29-20-8-3-2-4-9-20)25-26-23(27)30-16-17-7-5-6-10-21(17)24/h2-14H,15-16H2,1H3. The Morgan fingerprint density at radius 2 is 1.60 bits per heavy atom. The second kappa shape index (κ2) is 9.45. The Morgan fingerprint density at radius 1 is 0.867 bits per heavy atom. The smallest absolute Gasteiger partial charge is 0.196 e. The number of nitrogens with zero attached hydrogens (tertiary/aromatic N) is 3. The van der Waals surface area contributed by atoms with Gasteiger partial charge in [0.05, 0.1) is 7.11 Å². The van der Waals surface area contributed by atoms with Crippen LogP contribution in [-0.2, 0) is 12.4 Å². The third-order valence-electron chi connectivity index (χ3n) is 4.46. The minimum atomic E-state index is -0.229. The van der Waals surface area contributed by atoms with E-state index in [1.165, 1.54) is 17.8 Å². The van der Waals surface area contributed by atoms with Gasteiger partial charge in [-0.15, -0.1) is 10.2 Å². The van der Waals surface area contributed by atoms with E-state index in [1.807, 2.05) is 65.2 Å². The topological polar surface area (TPSA) is 49.2 Å². The summed E-state index contributed by atoms with van der Waals surface area (Å²) in [6.45, 7) is 0.253. The van der Waals surface area contributed by atoms with Crippen molar-refractivity contribution in [3.05, 3.63) is 96.1 Å². The lowest BCUT2D eigenvalue weighted by Gasteiger charge is -2.12. The second-order valence-corrected chi connectivity index (χ2v) is 7.36. The van der Waals surface area contributed by atoms with Gasteiger partial charge < -0.3 is 9.47 Å². The van der Waals surface area contributed by atoms with Crippen molar-refractivity contribution >= 4 is 11.8 Å². The monoisotopic (exact) mass is 421 g/mol. The van der Waals surface area contributed by atoms with E-state index < -0.39 is 0 Å². The lowest BCUT2D eigenvalue weighted by molar-refractivity contribution is 0.293. The average Bonchev–Trinajstić information content (AvgIpc) is 3.20. The Kier molecular flexibility index (Phi) is 6.29. The van der Waals surface area contributed by atoms with Crippen molar-refractivity contribution in [1.29, 1.82) is 0 Å². The highest BCUT2D eigenvalue weighted by atomic mass is 32.2. The molecule has 0 saturated heterocycles. The Bertz CT molecular complexity index is 1100. The van der Waals surface area contributed by atoms with Gasteiger partial charge in [-0.3, -0.25) is 4.57 Å². The maximum Gasteiger partial charge on any atom is 0.196 e. The first-order chi connectivity index (χ1) is 14.7. The predicted molar refractivity (Wildman–Crippen MR) is 115 cm³/mol. The summed E-state index contributed by atoms with van der Waals surface area (Å²) >= 11 is 1.42. The largest absolute Gasteiger partial charge is 0.497 e. The molecule has 0 amide bonds. The van der Waals surface area contributed by atoms with Gasteiger partial charge in [0.1, 0.15) is 23.9 Å². The average molecular weight is 421 g/mol. The molecule has 4 rings (SSSR count). The predicted octanol–water partition coefficient (Wildman–Crippen LogP) is 5.29. The minimum absolute atomic E-state index is 0.229. The fraction of sp³-hybridized carbons (Fsp3) is 0.130. The number of para-hydroxylation sites is 1. The summed E-state index contributed by atoms with van der Waals surface area (Å²) in [4.78, 5) is 0. The first-order valence-corrected chi connectivity index (χ1v) is 10.4. The van der Waals surface area contributed by atoms with Crippen LogP contribution in [0.4, 0.5) is 4.39 Å². The molecule has 1 heterocycles. The molecule has 0 N–H and O–H groups in total. The van der Waals surface area contributed by atoms with E-state index >= 15 is 0 Å². The third-order valence-corrected chi connectivity index (χ3v) is 5.43. The normalized spacial score (nSPS) is 10.7. The molecule has 1 aromatic heterocycles. The molecule has 30 heavy (non-hydrogen) atoms. The molecule has 4 aromatic rings. The molecule has 5 nitrogen and oxygen atoms in total. The molecule has 0 spiro atoms. The molecule has 0 aliphatic rings.